The monoisotopic (exact) mass is 491 g/mol. The number of aromatic nitrogens is 3. The van der Waals surface area contributed by atoms with Crippen molar-refractivity contribution in [2.45, 2.75) is 10.9 Å². The van der Waals surface area contributed by atoms with Crippen molar-refractivity contribution in [3.63, 3.8) is 0 Å². The third-order valence-electron chi connectivity index (χ3n) is 4.02. The van der Waals surface area contributed by atoms with Gasteiger partial charge in [-0.15, -0.1) is 0 Å². The van der Waals surface area contributed by atoms with Crippen LogP contribution in [0.1, 0.15) is 5.56 Å². The van der Waals surface area contributed by atoms with Crippen LogP contribution >= 0.6 is 51.2 Å². The zero-order valence-electron chi connectivity index (χ0n) is 14.6. The quantitative estimate of drug-likeness (QED) is 0.224. The van der Waals surface area contributed by atoms with E-state index in [9.17, 15) is 4.79 Å². The Hall–Kier alpha value is -1.94. The summed E-state index contributed by atoms with van der Waals surface area (Å²) in [6.07, 6.45) is 0. The number of halogens is 1. The number of H-pyrrole nitrogens is 1. The Morgan fingerprint density at radius 1 is 1.29 bits per heavy atom. The zero-order valence-corrected chi connectivity index (χ0v) is 18.7. The Bertz CT molecular complexity index is 1260. The molecule has 2 heterocycles. The predicted molar refractivity (Wildman–Crippen MR) is 121 cm³/mol. The number of nitrogens with one attached hydrogen (secondary N) is 1. The standard InChI is InChI=1S/C19H14BrN3O2S3/c1-25-14-4-2-3-13(9-14)23-16-15(28-19(23)26)17(24)22-18(21-16)27-10-11-5-7-12(20)8-6-11/h2-9H,10H2,1H3,(H,21,22,24). The number of benzene rings is 2. The lowest BCUT2D eigenvalue weighted by Gasteiger charge is -2.07. The second-order valence-electron chi connectivity index (χ2n) is 5.84. The minimum absolute atomic E-state index is 0.180. The lowest BCUT2D eigenvalue weighted by molar-refractivity contribution is 0.414. The maximum absolute atomic E-state index is 12.6. The van der Waals surface area contributed by atoms with Gasteiger partial charge in [0.15, 0.2) is 14.8 Å². The first-order valence-electron chi connectivity index (χ1n) is 8.22. The van der Waals surface area contributed by atoms with Crippen molar-refractivity contribution in [1.29, 1.82) is 0 Å². The van der Waals surface area contributed by atoms with E-state index in [-0.39, 0.29) is 5.56 Å². The van der Waals surface area contributed by atoms with Crippen molar-refractivity contribution in [3.8, 4) is 11.4 Å². The van der Waals surface area contributed by atoms with Crippen LogP contribution < -0.4 is 10.3 Å². The molecule has 0 spiro atoms. The van der Waals surface area contributed by atoms with E-state index in [1.54, 1.807) is 7.11 Å². The number of thioether (sulfide) groups is 1. The lowest BCUT2D eigenvalue weighted by Crippen LogP contribution is -2.09. The fourth-order valence-corrected chi connectivity index (χ4v) is 5.02. The minimum atomic E-state index is -0.180. The fraction of sp³-hybridized carbons (Fsp3) is 0.105. The molecule has 0 radical (unpaired) electrons. The van der Waals surface area contributed by atoms with Crippen LogP contribution in [0.2, 0.25) is 0 Å². The van der Waals surface area contributed by atoms with Crippen molar-refractivity contribution in [1.82, 2.24) is 14.5 Å². The van der Waals surface area contributed by atoms with Gasteiger partial charge in [-0.2, -0.15) is 0 Å². The summed E-state index contributed by atoms with van der Waals surface area (Å²) < 4.78 is 9.24. The molecule has 0 aliphatic heterocycles. The first-order valence-corrected chi connectivity index (χ1v) is 11.2. The second kappa shape index (κ2) is 8.20. The molecule has 0 aliphatic carbocycles. The van der Waals surface area contributed by atoms with Crippen LogP contribution in [0.15, 0.2) is 63.0 Å². The topological polar surface area (TPSA) is 59.9 Å². The zero-order chi connectivity index (χ0) is 19.7. The first kappa shape index (κ1) is 19.4. The van der Waals surface area contributed by atoms with Crippen molar-refractivity contribution >= 4 is 61.6 Å². The van der Waals surface area contributed by atoms with E-state index in [2.05, 4.69) is 25.9 Å². The van der Waals surface area contributed by atoms with Crippen LogP contribution in [0.25, 0.3) is 16.0 Å². The number of thiazole rings is 1. The lowest BCUT2D eigenvalue weighted by atomic mass is 10.2. The summed E-state index contributed by atoms with van der Waals surface area (Å²) >= 11 is 11.7. The Balaban J connectivity index is 1.75. The van der Waals surface area contributed by atoms with Crippen molar-refractivity contribution in [2.24, 2.45) is 0 Å². The summed E-state index contributed by atoms with van der Waals surface area (Å²) in [5.41, 5.74) is 2.34. The molecule has 2 aromatic carbocycles. The SMILES string of the molecule is COc1cccc(-n2c(=S)sc3c(=O)[nH]c(SCc4ccc(Br)cc4)nc32)c1. The summed E-state index contributed by atoms with van der Waals surface area (Å²) in [4.78, 5) is 20.1. The molecule has 5 nitrogen and oxygen atoms in total. The van der Waals surface area contributed by atoms with Gasteiger partial charge in [0.2, 0.25) is 0 Å². The van der Waals surface area contributed by atoms with Gasteiger partial charge in [0, 0.05) is 16.3 Å². The predicted octanol–water partition coefficient (Wildman–Crippen LogP) is 5.57. The van der Waals surface area contributed by atoms with E-state index in [0.29, 0.717) is 31.0 Å². The van der Waals surface area contributed by atoms with Crippen LogP contribution in [0.3, 0.4) is 0 Å². The van der Waals surface area contributed by atoms with Gasteiger partial charge in [-0.25, -0.2) is 4.98 Å². The molecule has 9 heteroatoms. The number of fused-ring (bicyclic) bond motifs is 1. The van der Waals surface area contributed by atoms with Crippen LogP contribution in [-0.2, 0) is 5.75 Å². The highest BCUT2D eigenvalue weighted by molar-refractivity contribution is 9.10. The van der Waals surface area contributed by atoms with E-state index in [0.717, 1.165) is 15.7 Å². The van der Waals surface area contributed by atoms with Gasteiger partial charge in [-0.05, 0) is 42.0 Å². The molecular formula is C19H14BrN3O2S3. The maximum Gasteiger partial charge on any atom is 0.271 e. The Morgan fingerprint density at radius 3 is 2.82 bits per heavy atom. The summed E-state index contributed by atoms with van der Waals surface area (Å²) in [7, 11) is 1.62. The number of rotatable bonds is 5. The molecule has 142 valence electrons. The maximum atomic E-state index is 12.6. The van der Waals surface area contributed by atoms with E-state index >= 15 is 0 Å². The summed E-state index contributed by atoms with van der Waals surface area (Å²) in [5, 5.41) is 0.560. The molecule has 0 unspecified atom stereocenters. The Morgan fingerprint density at radius 2 is 2.07 bits per heavy atom. The number of aromatic amines is 1. The highest BCUT2D eigenvalue weighted by Crippen LogP contribution is 2.27. The van der Waals surface area contributed by atoms with Gasteiger partial charge in [-0.3, -0.25) is 9.36 Å². The first-order chi connectivity index (χ1) is 13.5. The summed E-state index contributed by atoms with van der Waals surface area (Å²) in [6, 6.07) is 15.6. The van der Waals surface area contributed by atoms with Crippen LogP contribution in [-0.4, -0.2) is 21.6 Å². The average Bonchev–Trinajstić information content (AvgIpc) is 3.04. The molecule has 28 heavy (non-hydrogen) atoms. The molecule has 0 saturated carbocycles. The fourth-order valence-electron chi connectivity index (χ4n) is 2.67. The van der Waals surface area contributed by atoms with E-state index in [1.807, 2.05) is 53.1 Å². The minimum Gasteiger partial charge on any atom is -0.497 e. The highest BCUT2D eigenvalue weighted by Gasteiger charge is 2.14. The van der Waals surface area contributed by atoms with E-state index < -0.39 is 0 Å². The Kier molecular flexibility index (Phi) is 5.68. The molecule has 0 bridgehead atoms. The summed E-state index contributed by atoms with van der Waals surface area (Å²) in [6.45, 7) is 0. The van der Waals surface area contributed by atoms with Crippen molar-refractivity contribution < 1.29 is 4.74 Å². The second-order valence-corrected chi connectivity index (χ2v) is 9.37. The smallest absolute Gasteiger partial charge is 0.271 e. The molecule has 4 aromatic rings. The number of nitrogens with zero attached hydrogens (tertiary/aromatic N) is 2. The molecule has 0 aliphatic rings. The van der Waals surface area contributed by atoms with Crippen molar-refractivity contribution in [3.05, 3.63) is 72.9 Å². The number of hydrogen-bond donors (Lipinski definition) is 1. The van der Waals surface area contributed by atoms with Crippen LogP contribution in [0.5, 0.6) is 5.75 Å². The van der Waals surface area contributed by atoms with Gasteiger partial charge < -0.3 is 9.72 Å². The molecule has 0 fully saturated rings. The largest absolute Gasteiger partial charge is 0.497 e. The van der Waals surface area contributed by atoms with Crippen molar-refractivity contribution in [2.75, 3.05) is 7.11 Å². The van der Waals surface area contributed by atoms with Gasteiger partial charge in [0.05, 0.1) is 12.8 Å². The molecular weight excluding hydrogens is 478 g/mol. The van der Waals surface area contributed by atoms with Crippen LogP contribution in [0, 0.1) is 3.95 Å². The molecule has 1 N–H and O–H groups in total. The number of hydrogen-bond acceptors (Lipinski definition) is 6. The third kappa shape index (κ3) is 3.93. The normalized spacial score (nSPS) is 11.1. The average molecular weight is 492 g/mol. The molecule has 4 rings (SSSR count). The van der Waals surface area contributed by atoms with Gasteiger partial charge in [0.1, 0.15) is 10.4 Å². The third-order valence-corrected chi connectivity index (χ3v) is 6.86. The van der Waals surface area contributed by atoms with E-state index in [4.69, 9.17) is 17.0 Å². The number of methoxy groups -OCH3 is 1. The van der Waals surface area contributed by atoms with Crippen LogP contribution in [0.4, 0.5) is 0 Å². The molecule has 0 saturated heterocycles. The summed E-state index contributed by atoms with van der Waals surface area (Å²) in [5.74, 6) is 1.42. The molecule has 0 amide bonds. The highest BCUT2D eigenvalue weighted by atomic mass is 79.9. The van der Waals surface area contributed by atoms with Gasteiger partial charge in [-0.1, -0.05) is 57.2 Å². The molecule has 0 atom stereocenters. The number of ether oxygens (including phenoxy) is 1. The Labute approximate surface area is 182 Å². The van der Waals surface area contributed by atoms with E-state index in [1.165, 1.54) is 23.1 Å². The van der Waals surface area contributed by atoms with Gasteiger partial charge in [0.25, 0.3) is 5.56 Å². The van der Waals surface area contributed by atoms with Gasteiger partial charge >= 0.3 is 0 Å². The molecule has 2 aromatic heterocycles.